The van der Waals surface area contributed by atoms with E-state index in [-0.39, 0.29) is 6.61 Å². The third kappa shape index (κ3) is 3.09. The molecule has 4 heteroatoms. The summed E-state index contributed by atoms with van der Waals surface area (Å²) in [7, 11) is 1.60. The van der Waals surface area contributed by atoms with Gasteiger partial charge in [-0.1, -0.05) is 6.07 Å². The lowest BCUT2D eigenvalue weighted by atomic mass is 10.3. The monoisotopic (exact) mass is 210 g/mol. The maximum atomic E-state index is 8.97. The Kier molecular flexibility index (Phi) is 4.37. The van der Waals surface area contributed by atoms with Gasteiger partial charge in [-0.3, -0.25) is 0 Å². The summed E-state index contributed by atoms with van der Waals surface area (Å²) in [5.41, 5.74) is 0. The molecule has 1 N–H and O–H groups in total. The van der Waals surface area contributed by atoms with E-state index in [0.717, 1.165) is 5.82 Å². The van der Waals surface area contributed by atoms with E-state index in [4.69, 9.17) is 9.84 Å². The predicted octanol–water partition coefficient (Wildman–Crippen LogP) is 1.30. The molecule has 4 nitrogen and oxygen atoms in total. The van der Waals surface area contributed by atoms with E-state index in [0.29, 0.717) is 18.5 Å². The van der Waals surface area contributed by atoms with Crippen LogP contribution in [0, 0.1) is 0 Å². The highest BCUT2D eigenvalue weighted by atomic mass is 16.5. The van der Waals surface area contributed by atoms with E-state index in [1.165, 1.54) is 0 Å². The first kappa shape index (κ1) is 11.8. The first-order valence-electron chi connectivity index (χ1n) is 5.07. The highest BCUT2D eigenvalue weighted by Gasteiger charge is 2.11. The van der Waals surface area contributed by atoms with Crippen LogP contribution in [0.1, 0.15) is 13.8 Å². The molecule has 84 valence electrons. The molecular formula is C11H18N2O2. The van der Waals surface area contributed by atoms with E-state index < -0.39 is 0 Å². The largest absolute Gasteiger partial charge is 0.481 e. The maximum Gasteiger partial charge on any atom is 0.214 e. The van der Waals surface area contributed by atoms with Crippen LogP contribution >= 0.6 is 0 Å². The number of aromatic nitrogens is 1. The minimum Gasteiger partial charge on any atom is -0.481 e. The molecule has 1 rings (SSSR count). The van der Waals surface area contributed by atoms with Gasteiger partial charge >= 0.3 is 0 Å². The topological polar surface area (TPSA) is 45.6 Å². The summed E-state index contributed by atoms with van der Waals surface area (Å²) in [5, 5.41) is 8.97. The average Bonchev–Trinajstić information content (AvgIpc) is 2.25. The Bertz CT molecular complexity index is 302. The van der Waals surface area contributed by atoms with Crippen LogP contribution in [-0.2, 0) is 0 Å². The number of rotatable bonds is 5. The Labute approximate surface area is 90.5 Å². The van der Waals surface area contributed by atoms with Gasteiger partial charge in [-0.05, 0) is 19.9 Å². The van der Waals surface area contributed by atoms with E-state index >= 15 is 0 Å². The van der Waals surface area contributed by atoms with Gasteiger partial charge in [-0.2, -0.15) is 4.98 Å². The third-order valence-electron chi connectivity index (χ3n) is 2.18. The highest BCUT2D eigenvalue weighted by Crippen LogP contribution is 2.17. The first-order chi connectivity index (χ1) is 7.19. The molecule has 0 amide bonds. The number of aliphatic hydroxyl groups is 1. The zero-order valence-electron chi connectivity index (χ0n) is 9.47. The van der Waals surface area contributed by atoms with Crippen molar-refractivity contribution in [3.05, 3.63) is 18.2 Å². The zero-order valence-corrected chi connectivity index (χ0v) is 9.47. The Hall–Kier alpha value is -1.29. The number of aliphatic hydroxyl groups excluding tert-OH is 1. The smallest absolute Gasteiger partial charge is 0.214 e. The number of hydrogen-bond donors (Lipinski definition) is 1. The standard InChI is InChI=1S/C11H18N2O2/c1-9(2)13(7-8-14)10-5-4-6-11(12-10)15-3/h4-6,9,14H,7-8H2,1-3H3. The molecule has 0 saturated heterocycles. The fraction of sp³-hybridized carbons (Fsp3) is 0.545. The fourth-order valence-corrected chi connectivity index (χ4v) is 1.42. The van der Waals surface area contributed by atoms with Crippen LogP contribution in [0.15, 0.2) is 18.2 Å². The molecule has 0 radical (unpaired) electrons. The lowest BCUT2D eigenvalue weighted by Gasteiger charge is -2.27. The van der Waals surface area contributed by atoms with Crippen molar-refractivity contribution in [1.29, 1.82) is 0 Å². The molecule has 0 atom stereocenters. The summed E-state index contributed by atoms with van der Waals surface area (Å²) in [6, 6.07) is 5.92. The summed E-state index contributed by atoms with van der Waals surface area (Å²) in [6.45, 7) is 4.84. The van der Waals surface area contributed by atoms with E-state index in [1.54, 1.807) is 13.2 Å². The summed E-state index contributed by atoms with van der Waals surface area (Å²) in [4.78, 5) is 6.35. The number of ether oxygens (including phenoxy) is 1. The second kappa shape index (κ2) is 5.56. The van der Waals surface area contributed by atoms with Gasteiger partial charge in [-0.15, -0.1) is 0 Å². The quantitative estimate of drug-likeness (QED) is 0.795. The number of hydrogen-bond acceptors (Lipinski definition) is 4. The van der Waals surface area contributed by atoms with Crippen LogP contribution in [0.3, 0.4) is 0 Å². The van der Waals surface area contributed by atoms with Crippen molar-refractivity contribution in [2.45, 2.75) is 19.9 Å². The van der Waals surface area contributed by atoms with E-state index in [2.05, 4.69) is 18.8 Å². The number of anilines is 1. The van der Waals surface area contributed by atoms with Crippen LogP contribution < -0.4 is 9.64 Å². The van der Waals surface area contributed by atoms with E-state index in [9.17, 15) is 0 Å². The molecule has 15 heavy (non-hydrogen) atoms. The minimum absolute atomic E-state index is 0.122. The van der Waals surface area contributed by atoms with Crippen LogP contribution in [0.4, 0.5) is 5.82 Å². The molecule has 0 aliphatic rings. The molecule has 0 aromatic carbocycles. The molecule has 0 aliphatic carbocycles. The van der Waals surface area contributed by atoms with Crippen molar-refractivity contribution >= 4 is 5.82 Å². The molecule has 1 heterocycles. The normalized spacial score (nSPS) is 10.5. The number of nitrogens with zero attached hydrogens (tertiary/aromatic N) is 2. The second-order valence-electron chi connectivity index (χ2n) is 3.55. The molecule has 0 unspecified atom stereocenters. The van der Waals surface area contributed by atoms with Crippen LogP contribution in [0.25, 0.3) is 0 Å². The Balaban J connectivity index is 2.89. The fourth-order valence-electron chi connectivity index (χ4n) is 1.42. The molecule has 1 aromatic heterocycles. The lowest BCUT2D eigenvalue weighted by Crippen LogP contribution is -2.34. The lowest BCUT2D eigenvalue weighted by molar-refractivity contribution is 0.298. The molecule has 0 saturated carbocycles. The Morgan fingerprint density at radius 2 is 2.20 bits per heavy atom. The molecule has 0 aliphatic heterocycles. The molecule has 0 fully saturated rings. The van der Waals surface area contributed by atoms with Gasteiger partial charge in [0.2, 0.25) is 5.88 Å². The predicted molar refractivity (Wildman–Crippen MR) is 60.4 cm³/mol. The summed E-state index contributed by atoms with van der Waals surface area (Å²) in [5.74, 6) is 1.43. The van der Waals surface area contributed by atoms with Crippen LogP contribution in [0.5, 0.6) is 5.88 Å². The Morgan fingerprint density at radius 3 is 2.73 bits per heavy atom. The van der Waals surface area contributed by atoms with Gasteiger partial charge in [0, 0.05) is 18.7 Å². The molecule has 1 aromatic rings. The van der Waals surface area contributed by atoms with Crippen molar-refractivity contribution < 1.29 is 9.84 Å². The molecule has 0 bridgehead atoms. The number of pyridine rings is 1. The number of methoxy groups -OCH3 is 1. The van der Waals surface area contributed by atoms with Gasteiger partial charge in [0.15, 0.2) is 0 Å². The first-order valence-corrected chi connectivity index (χ1v) is 5.07. The van der Waals surface area contributed by atoms with Crippen LogP contribution in [-0.4, -0.2) is 36.4 Å². The van der Waals surface area contributed by atoms with Gasteiger partial charge in [0.1, 0.15) is 5.82 Å². The average molecular weight is 210 g/mol. The van der Waals surface area contributed by atoms with Gasteiger partial charge in [0.25, 0.3) is 0 Å². The molecular weight excluding hydrogens is 192 g/mol. The van der Waals surface area contributed by atoms with Crippen molar-refractivity contribution in [3.8, 4) is 5.88 Å². The summed E-state index contributed by atoms with van der Waals surface area (Å²) < 4.78 is 5.06. The highest BCUT2D eigenvalue weighted by molar-refractivity contribution is 5.41. The maximum absolute atomic E-state index is 8.97. The minimum atomic E-state index is 0.122. The van der Waals surface area contributed by atoms with Crippen molar-refractivity contribution in [1.82, 2.24) is 4.98 Å². The van der Waals surface area contributed by atoms with Gasteiger partial charge < -0.3 is 14.7 Å². The van der Waals surface area contributed by atoms with Crippen molar-refractivity contribution in [3.63, 3.8) is 0 Å². The SMILES string of the molecule is COc1cccc(N(CCO)C(C)C)n1. The van der Waals surface area contributed by atoms with E-state index in [1.807, 2.05) is 17.0 Å². The van der Waals surface area contributed by atoms with Crippen molar-refractivity contribution in [2.24, 2.45) is 0 Å². The van der Waals surface area contributed by atoms with Crippen LogP contribution in [0.2, 0.25) is 0 Å². The Morgan fingerprint density at radius 1 is 1.47 bits per heavy atom. The van der Waals surface area contributed by atoms with Crippen molar-refractivity contribution in [2.75, 3.05) is 25.2 Å². The third-order valence-corrected chi connectivity index (χ3v) is 2.18. The van der Waals surface area contributed by atoms with Gasteiger partial charge in [-0.25, -0.2) is 0 Å². The van der Waals surface area contributed by atoms with Gasteiger partial charge in [0.05, 0.1) is 13.7 Å². The molecule has 0 spiro atoms. The second-order valence-corrected chi connectivity index (χ2v) is 3.55. The summed E-state index contributed by atoms with van der Waals surface area (Å²) >= 11 is 0. The summed E-state index contributed by atoms with van der Waals surface area (Å²) in [6.07, 6.45) is 0. The zero-order chi connectivity index (χ0) is 11.3.